The summed E-state index contributed by atoms with van der Waals surface area (Å²) >= 11 is -2.12. The third-order valence-corrected chi connectivity index (χ3v) is 8.06. The van der Waals surface area contributed by atoms with Gasteiger partial charge in [0, 0.05) is 0 Å². The monoisotopic (exact) mass is 352 g/mol. The molecule has 2 aromatic rings. The fourth-order valence-electron chi connectivity index (χ4n) is 1.78. The van der Waals surface area contributed by atoms with Gasteiger partial charge < -0.3 is 0 Å². The van der Waals surface area contributed by atoms with E-state index in [1.807, 2.05) is 6.07 Å². The molecule has 0 amide bonds. The maximum atomic E-state index is 4.80. The molecule has 5 heteroatoms. The van der Waals surface area contributed by atoms with Crippen LogP contribution in [0.2, 0.25) is 14.8 Å². The van der Waals surface area contributed by atoms with E-state index in [0.717, 1.165) is 11.5 Å². The van der Waals surface area contributed by atoms with Crippen molar-refractivity contribution >= 4 is 22.1 Å². The molecule has 2 rings (SSSR count). The minimum absolute atomic E-state index is 0.346. The zero-order valence-corrected chi connectivity index (χ0v) is 14.5. The van der Waals surface area contributed by atoms with Crippen LogP contribution < -0.4 is 3.71 Å². The first-order chi connectivity index (χ1) is 8.39. The average molecular weight is 351 g/mol. The number of rotatable bonds is 3. The predicted octanol–water partition coefficient (Wildman–Crippen LogP) is 2.47. The average Bonchev–Trinajstić information content (AvgIpc) is 2.77. The zero-order chi connectivity index (χ0) is 13.3. The molecule has 0 aromatic carbocycles. The third-order valence-electron chi connectivity index (χ3n) is 2.88. The predicted molar refractivity (Wildman–Crippen MR) is 76.6 cm³/mol. The minimum atomic E-state index is -2.12. The van der Waals surface area contributed by atoms with E-state index in [1.165, 1.54) is 3.71 Å². The quantitative estimate of drug-likeness (QED) is 0.798. The molecule has 0 saturated heterocycles. The Balaban J connectivity index is 2.48. The van der Waals surface area contributed by atoms with Crippen LogP contribution in [0.5, 0.6) is 0 Å². The van der Waals surface area contributed by atoms with Crippen molar-refractivity contribution in [1.29, 1.82) is 0 Å². The normalized spacial score (nSPS) is 12.1. The molecule has 0 N–H and O–H groups in total. The van der Waals surface area contributed by atoms with Crippen LogP contribution in [0.15, 0.2) is 24.5 Å². The summed E-state index contributed by atoms with van der Waals surface area (Å²) in [5.41, 5.74) is 0.935. The molecule has 0 radical (unpaired) electrons. The standard InChI is InChI=1S/C10H11N4.3CH3.Sn/c1-8(2)14-7-12-13-10(14)9-5-3-4-6-11-9;;;;/h3-5,7-8H,1-2H3;3*1H3;. The number of hydrogen-bond acceptors (Lipinski definition) is 3. The van der Waals surface area contributed by atoms with Crippen molar-refractivity contribution in [3.05, 3.63) is 24.5 Å². The zero-order valence-electron chi connectivity index (χ0n) is 11.7. The van der Waals surface area contributed by atoms with Gasteiger partial charge in [-0.25, -0.2) is 0 Å². The van der Waals surface area contributed by atoms with E-state index in [1.54, 1.807) is 6.33 Å². The Labute approximate surface area is 112 Å². The van der Waals surface area contributed by atoms with Crippen LogP contribution in [-0.2, 0) is 0 Å². The van der Waals surface area contributed by atoms with Crippen LogP contribution in [0, 0.1) is 0 Å². The Morgan fingerprint density at radius 2 is 1.89 bits per heavy atom. The van der Waals surface area contributed by atoms with Gasteiger partial charge in [0.1, 0.15) is 0 Å². The van der Waals surface area contributed by atoms with Gasteiger partial charge in [0.25, 0.3) is 0 Å². The van der Waals surface area contributed by atoms with Crippen LogP contribution in [0.25, 0.3) is 11.5 Å². The van der Waals surface area contributed by atoms with Crippen molar-refractivity contribution in [3.8, 4) is 11.5 Å². The molecule has 0 saturated carbocycles. The molecule has 0 unspecified atom stereocenters. The number of nitrogens with zero attached hydrogens (tertiary/aromatic N) is 4. The van der Waals surface area contributed by atoms with Crippen LogP contribution in [0.1, 0.15) is 19.9 Å². The summed E-state index contributed by atoms with van der Waals surface area (Å²) in [7, 11) is 0. The van der Waals surface area contributed by atoms with Crippen molar-refractivity contribution in [2.45, 2.75) is 34.7 Å². The topological polar surface area (TPSA) is 43.6 Å². The van der Waals surface area contributed by atoms with Crippen molar-refractivity contribution < 1.29 is 0 Å². The summed E-state index contributed by atoms with van der Waals surface area (Å²) < 4.78 is 3.34. The first kappa shape index (κ1) is 13.5. The molecule has 0 bridgehead atoms. The van der Waals surface area contributed by atoms with Crippen molar-refractivity contribution in [2.75, 3.05) is 0 Å². The SMILES string of the molecule is CC(C)n1cnnc1-c1ccc[c]([Sn]([CH3])([CH3])[CH3])n1. The Morgan fingerprint density at radius 3 is 2.50 bits per heavy atom. The third kappa shape index (κ3) is 2.74. The molecule has 18 heavy (non-hydrogen) atoms. The summed E-state index contributed by atoms with van der Waals surface area (Å²) in [4.78, 5) is 11.9. The van der Waals surface area contributed by atoms with Crippen LogP contribution in [-0.4, -0.2) is 38.1 Å². The van der Waals surface area contributed by atoms with Gasteiger partial charge in [-0.3, -0.25) is 0 Å². The van der Waals surface area contributed by atoms with Crippen LogP contribution in [0.4, 0.5) is 0 Å². The second-order valence-corrected chi connectivity index (χ2v) is 20.1. The van der Waals surface area contributed by atoms with Crippen LogP contribution in [0.3, 0.4) is 0 Å². The molecular weight excluding hydrogens is 331 g/mol. The Bertz CT molecular complexity index is 540. The molecular formula is C13H20N4Sn. The molecule has 96 valence electrons. The molecule has 0 spiro atoms. The Hall–Kier alpha value is -0.911. The Kier molecular flexibility index (Phi) is 3.75. The van der Waals surface area contributed by atoms with Gasteiger partial charge in [-0.1, -0.05) is 0 Å². The summed E-state index contributed by atoms with van der Waals surface area (Å²) in [5, 5.41) is 8.21. The van der Waals surface area contributed by atoms with Crippen molar-refractivity contribution in [1.82, 2.24) is 19.7 Å². The number of aromatic nitrogens is 4. The van der Waals surface area contributed by atoms with E-state index in [0.29, 0.717) is 6.04 Å². The Morgan fingerprint density at radius 1 is 1.17 bits per heavy atom. The molecule has 0 aliphatic rings. The van der Waals surface area contributed by atoms with Crippen molar-refractivity contribution in [3.63, 3.8) is 0 Å². The molecule has 2 heterocycles. The maximum absolute atomic E-state index is 4.80. The van der Waals surface area contributed by atoms with Gasteiger partial charge >= 0.3 is 113 Å². The molecule has 0 fully saturated rings. The van der Waals surface area contributed by atoms with E-state index in [9.17, 15) is 0 Å². The van der Waals surface area contributed by atoms with E-state index < -0.39 is 18.4 Å². The fourth-order valence-corrected chi connectivity index (χ4v) is 4.78. The number of hydrogen-bond donors (Lipinski definition) is 0. The molecule has 0 atom stereocenters. The van der Waals surface area contributed by atoms with Gasteiger partial charge in [-0.05, 0) is 0 Å². The van der Waals surface area contributed by atoms with E-state index in [-0.39, 0.29) is 0 Å². The van der Waals surface area contributed by atoms with Crippen LogP contribution >= 0.6 is 0 Å². The van der Waals surface area contributed by atoms with Gasteiger partial charge in [0.2, 0.25) is 0 Å². The molecule has 0 aliphatic carbocycles. The summed E-state index contributed by atoms with van der Waals surface area (Å²) in [6.45, 7) is 4.25. The van der Waals surface area contributed by atoms with Crippen molar-refractivity contribution in [2.24, 2.45) is 0 Å². The van der Waals surface area contributed by atoms with Gasteiger partial charge in [0.15, 0.2) is 0 Å². The van der Waals surface area contributed by atoms with Gasteiger partial charge in [-0.2, -0.15) is 0 Å². The second-order valence-electron chi connectivity index (χ2n) is 5.81. The summed E-state index contributed by atoms with van der Waals surface area (Å²) in [6.07, 6.45) is 1.77. The fraction of sp³-hybridized carbons (Fsp3) is 0.462. The van der Waals surface area contributed by atoms with Gasteiger partial charge in [-0.15, -0.1) is 0 Å². The van der Waals surface area contributed by atoms with E-state index >= 15 is 0 Å². The summed E-state index contributed by atoms with van der Waals surface area (Å²) in [6, 6.07) is 6.59. The molecule has 0 aliphatic heterocycles. The van der Waals surface area contributed by atoms with Gasteiger partial charge in [0.05, 0.1) is 0 Å². The first-order valence-corrected chi connectivity index (χ1v) is 16.3. The van der Waals surface area contributed by atoms with E-state index in [4.69, 9.17) is 4.98 Å². The number of pyridine rings is 1. The second kappa shape index (κ2) is 4.99. The first-order valence-electron chi connectivity index (χ1n) is 6.27. The molecule has 4 nitrogen and oxygen atoms in total. The molecule has 2 aromatic heterocycles. The summed E-state index contributed by atoms with van der Waals surface area (Å²) in [5.74, 6) is 0.863. The van der Waals surface area contributed by atoms with E-state index in [2.05, 4.69) is 55.6 Å².